The minimum atomic E-state index is -3.77. The first kappa shape index (κ1) is 21.5. The van der Waals surface area contributed by atoms with Gasteiger partial charge < -0.3 is 4.90 Å². The molecule has 31 heavy (non-hydrogen) atoms. The Kier molecular flexibility index (Phi) is 6.35. The summed E-state index contributed by atoms with van der Waals surface area (Å²) in [7, 11) is -3.77. The van der Waals surface area contributed by atoms with Crippen molar-refractivity contribution >= 4 is 27.7 Å². The molecule has 0 saturated carbocycles. The van der Waals surface area contributed by atoms with Gasteiger partial charge in [0.25, 0.3) is 5.91 Å². The maximum absolute atomic E-state index is 12.8. The zero-order valence-electron chi connectivity index (χ0n) is 17.3. The number of rotatable bonds is 7. The first-order valence-electron chi connectivity index (χ1n) is 10.4. The predicted octanol–water partition coefficient (Wildman–Crippen LogP) is 1.78. The van der Waals surface area contributed by atoms with E-state index in [9.17, 15) is 13.2 Å². The van der Waals surface area contributed by atoms with Gasteiger partial charge in [0, 0.05) is 43.8 Å². The molecule has 2 aliphatic rings. The van der Waals surface area contributed by atoms with Gasteiger partial charge in [-0.15, -0.1) is 0 Å². The Hall–Kier alpha value is -2.75. The minimum absolute atomic E-state index is 0.140. The molecule has 2 N–H and O–H groups in total. The van der Waals surface area contributed by atoms with Gasteiger partial charge in [0.15, 0.2) is 0 Å². The molecule has 8 nitrogen and oxygen atoms in total. The summed E-state index contributed by atoms with van der Waals surface area (Å²) in [5.41, 5.74) is 5.30. The standard InChI is InChI=1S/C22H27N5O3S/c1-2-17-3-5-20(6-4-17)31(29,30)25-21-11-16-27(22(21)28)24-18-9-14-26(15-10-18)19-7-12-23-13-8-19/h2-8,12-13,18,21,24-25H,1,9-11,14-16H2/t21-/m0/s1. The van der Waals surface area contributed by atoms with Gasteiger partial charge in [-0.05, 0) is 49.1 Å². The lowest BCUT2D eigenvalue weighted by Crippen LogP contribution is -2.52. The van der Waals surface area contributed by atoms with Crippen LogP contribution in [0.15, 0.2) is 60.3 Å². The number of anilines is 1. The van der Waals surface area contributed by atoms with E-state index < -0.39 is 16.1 Å². The third kappa shape index (κ3) is 4.95. The molecule has 1 aromatic heterocycles. The van der Waals surface area contributed by atoms with Crippen LogP contribution in [0.2, 0.25) is 0 Å². The lowest BCUT2D eigenvalue weighted by molar-refractivity contribution is -0.132. The van der Waals surface area contributed by atoms with Crippen molar-refractivity contribution in [2.24, 2.45) is 0 Å². The third-order valence-electron chi connectivity index (χ3n) is 5.79. The number of carbonyl (C=O) groups is 1. The first-order chi connectivity index (χ1) is 15.0. The van der Waals surface area contributed by atoms with Gasteiger partial charge in [-0.1, -0.05) is 24.8 Å². The second-order valence-electron chi connectivity index (χ2n) is 7.82. The van der Waals surface area contributed by atoms with Gasteiger partial charge >= 0.3 is 0 Å². The zero-order valence-corrected chi connectivity index (χ0v) is 18.1. The van der Waals surface area contributed by atoms with Gasteiger partial charge in [0.05, 0.1) is 4.90 Å². The summed E-state index contributed by atoms with van der Waals surface area (Å²) in [6.07, 6.45) is 7.46. The number of hydrazine groups is 1. The van der Waals surface area contributed by atoms with E-state index in [1.54, 1.807) is 35.6 Å². The van der Waals surface area contributed by atoms with Crippen molar-refractivity contribution in [2.75, 3.05) is 24.5 Å². The monoisotopic (exact) mass is 441 g/mol. The molecule has 2 aromatic rings. The predicted molar refractivity (Wildman–Crippen MR) is 120 cm³/mol. The molecule has 0 radical (unpaired) electrons. The molecule has 0 unspecified atom stereocenters. The number of piperidine rings is 1. The van der Waals surface area contributed by atoms with Crippen LogP contribution in [0.1, 0.15) is 24.8 Å². The Bertz CT molecular complexity index is 1020. The molecule has 3 heterocycles. The molecule has 2 aliphatic heterocycles. The number of sulfonamides is 1. The highest BCUT2D eigenvalue weighted by Gasteiger charge is 2.36. The maximum atomic E-state index is 12.8. The molecule has 2 fully saturated rings. The van der Waals surface area contributed by atoms with E-state index in [0.717, 1.165) is 37.2 Å². The van der Waals surface area contributed by atoms with Crippen LogP contribution in [0.4, 0.5) is 5.69 Å². The molecule has 4 rings (SSSR count). The second-order valence-corrected chi connectivity index (χ2v) is 9.54. The second kappa shape index (κ2) is 9.17. The van der Waals surface area contributed by atoms with Crippen LogP contribution >= 0.6 is 0 Å². The van der Waals surface area contributed by atoms with Gasteiger partial charge in [-0.25, -0.2) is 13.8 Å². The highest BCUT2D eigenvalue weighted by atomic mass is 32.2. The molecular weight excluding hydrogens is 414 g/mol. The summed E-state index contributed by atoms with van der Waals surface area (Å²) in [5.74, 6) is -0.233. The Morgan fingerprint density at radius 2 is 1.68 bits per heavy atom. The molecule has 2 saturated heterocycles. The van der Waals surface area contributed by atoms with Crippen molar-refractivity contribution < 1.29 is 13.2 Å². The van der Waals surface area contributed by atoms with Crippen molar-refractivity contribution in [1.29, 1.82) is 0 Å². The zero-order chi connectivity index (χ0) is 21.8. The van der Waals surface area contributed by atoms with Crippen LogP contribution in [-0.2, 0) is 14.8 Å². The van der Waals surface area contributed by atoms with E-state index >= 15 is 0 Å². The van der Waals surface area contributed by atoms with Crippen molar-refractivity contribution in [3.05, 3.63) is 60.9 Å². The summed E-state index contributed by atoms with van der Waals surface area (Å²) >= 11 is 0. The van der Waals surface area contributed by atoms with Crippen molar-refractivity contribution in [3.63, 3.8) is 0 Å². The lowest BCUT2D eigenvalue weighted by atomic mass is 10.1. The molecule has 1 atom stereocenters. The fraction of sp³-hybridized carbons (Fsp3) is 0.364. The van der Waals surface area contributed by atoms with E-state index in [2.05, 4.69) is 26.6 Å². The number of aromatic nitrogens is 1. The summed E-state index contributed by atoms with van der Waals surface area (Å²) in [5, 5.41) is 1.57. The van der Waals surface area contributed by atoms with Gasteiger partial charge in [-0.2, -0.15) is 4.72 Å². The molecule has 164 valence electrons. The van der Waals surface area contributed by atoms with Crippen LogP contribution in [0.5, 0.6) is 0 Å². The average Bonchev–Trinajstić information content (AvgIpc) is 3.13. The quantitative estimate of drug-likeness (QED) is 0.680. The van der Waals surface area contributed by atoms with E-state index in [4.69, 9.17) is 0 Å². The fourth-order valence-electron chi connectivity index (χ4n) is 4.00. The van der Waals surface area contributed by atoms with E-state index in [1.807, 2.05) is 12.1 Å². The normalized spacial score (nSPS) is 20.3. The van der Waals surface area contributed by atoms with E-state index in [0.29, 0.717) is 13.0 Å². The Morgan fingerprint density at radius 1 is 1.00 bits per heavy atom. The SMILES string of the molecule is C=Cc1ccc(S(=O)(=O)N[C@H]2CCN(NC3CCN(c4ccncc4)CC3)C2=O)cc1. The Morgan fingerprint density at radius 3 is 2.32 bits per heavy atom. The number of nitrogens with one attached hydrogen (secondary N) is 2. The first-order valence-corrected chi connectivity index (χ1v) is 11.9. The van der Waals surface area contributed by atoms with Gasteiger partial charge in [-0.3, -0.25) is 14.8 Å². The van der Waals surface area contributed by atoms with Crippen LogP contribution in [-0.4, -0.2) is 56.0 Å². The number of benzene rings is 1. The molecule has 0 aliphatic carbocycles. The van der Waals surface area contributed by atoms with Crippen LogP contribution < -0.4 is 15.0 Å². The van der Waals surface area contributed by atoms with Crippen LogP contribution in [0.25, 0.3) is 6.08 Å². The summed E-state index contributed by atoms with van der Waals surface area (Å²) in [4.78, 5) is 19.3. The average molecular weight is 442 g/mol. The number of amides is 1. The number of pyridine rings is 1. The summed E-state index contributed by atoms with van der Waals surface area (Å²) in [6.45, 7) is 5.92. The third-order valence-corrected chi connectivity index (χ3v) is 7.28. The Labute approximate surface area is 183 Å². The van der Waals surface area contributed by atoms with Gasteiger partial charge in [0.2, 0.25) is 10.0 Å². The number of nitrogens with zero attached hydrogens (tertiary/aromatic N) is 3. The minimum Gasteiger partial charge on any atom is -0.371 e. The van der Waals surface area contributed by atoms with Gasteiger partial charge in [0.1, 0.15) is 6.04 Å². The molecule has 1 amide bonds. The number of hydrogen-bond acceptors (Lipinski definition) is 6. The highest BCUT2D eigenvalue weighted by Crippen LogP contribution is 2.21. The highest BCUT2D eigenvalue weighted by molar-refractivity contribution is 7.89. The van der Waals surface area contributed by atoms with E-state index in [1.165, 1.54) is 12.1 Å². The summed E-state index contributed by atoms with van der Waals surface area (Å²) in [6, 6.07) is 9.83. The molecule has 1 aromatic carbocycles. The van der Waals surface area contributed by atoms with E-state index in [-0.39, 0.29) is 16.8 Å². The van der Waals surface area contributed by atoms with Crippen LogP contribution in [0.3, 0.4) is 0 Å². The molecule has 0 bridgehead atoms. The molecule has 9 heteroatoms. The lowest BCUT2D eigenvalue weighted by Gasteiger charge is -2.35. The number of carbonyl (C=O) groups excluding carboxylic acids is 1. The Balaban J connectivity index is 1.30. The fourth-order valence-corrected chi connectivity index (χ4v) is 5.22. The largest absolute Gasteiger partial charge is 0.371 e. The smallest absolute Gasteiger partial charge is 0.254 e. The van der Waals surface area contributed by atoms with Crippen molar-refractivity contribution in [3.8, 4) is 0 Å². The molecular formula is C22H27N5O3S. The van der Waals surface area contributed by atoms with Crippen molar-refractivity contribution in [2.45, 2.75) is 36.2 Å². The maximum Gasteiger partial charge on any atom is 0.254 e. The van der Waals surface area contributed by atoms with Crippen LogP contribution in [0, 0.1) is 0 Å². The topological polar surface area (TPSA) is 94.6 Å². The molecule has 0 spiro atoms. The van der Waals surface area contributed by atoms with Crippen molar-refractivity contribution in [1.82, 2.24) is 20.1 Å². The summed E-state index contributed by atoms with van der Waals surface area (Å²) < 4.78 is 27.9. The number of hydrogen-bond donors (Lipinski definition) is 2.